The van der Waals surface area contributed by atoms with Gasteiger partial charge in [-0.2, -0.15) is 0 Å². The molecule has 0 aromatic heterocycles. The molecule has 1 N–H and O–H groups in total. The number of ether oxygens (including phenoxy) is 3. The molecule has 0 aliphatic carbocycles. The number of hydrogen-bond donors (Lipinski definition) is 1. The summed E-state index contributed by atoms with van der Waals surface area (Å²) in [5.41, 5.74) is 1.88. The molecule has 2 aromatic carbocycles. The molecule has 2 amide bonds. The predicted molar refractivity (Wildman–Crippen MR) is 129 cm³/mol. The minimum Gasteiger partial charge on any atom is -0.497 e. The molecule has 33 heavy (non-hydrogen) atoms. The maximum Gasteiger partial charge on any atom is 0.242 e. The van der Waals surface area contributed by atoms with Crippen LogP contribution in [-0.2, 0) is 22.6 Å². The van der Waals surface area contributed by atoms with Crippen molar-refractivity contribution in [1.29, 1.82) is 0 Å². The minimum absolute atomic E-state index is 0.0832. The lowest BCUT2D eigenvalue weighted by molar-refractivity contribution is -0.141. The van der Waals surface area contributed by atoms with E-state index in [4.69, 9.17) is 14.2 Å². The zero-order valence-corrected chi connectivity index (χ0v) is 20.3. The smallest absolute Gasteiger partial charge is 0.242 e. The van der Waals surface area contributed by atoms with E-state index in [-0.39, 0.29) is 18.2 Å². The first-order valence-electron chi connectivity index (χ1n) is 11.5. The Balaban J connectivity index is 2.21. The summed E-state index contributed by atoms with van der Waals surface area (Å²) in [7, 11) is 3.20. The summed E-state index contributed by atoms with van der Waals surface area (Å²) in [6.07, 6.45) is 1.33. The van der Waals surface area contributed by atoms with Crippen LogP contribution in [0.1, 0.15) is 44.7 Å². The van der Waals surface area contributed by atoms with Crippen molar-refractivity contribution in [2.45, 2.75) is 52.6 Å². The molecule has 0 bridgehead atoms. The Kier molecular flexibility index (Phi) is 10.5. The molecule has 2 aromatic rings. The number of benzene rings is 2. The maximum atomic E-state index is 13.3. The van der Waals surface area contributed by atoms with E-state index in [0.717, 1.165) is 11.1 Å². The van der Waals surface area contributed by atoms with Gasteiger partial charge in [-0.3, -0.25) is 9.59 Å². The second-order valence-electron chi connectivity index (χ2n) is 7.56. The van der Waals surface area contributed by atoms with Crippen LogP contribution < -0.4 is 19.5 Å². The number of carbonyl (C=O) groups is 2. The predicted octanol–water partition coefficient (Wildman–Crippen LogP) is 3.98. The van der Waals surface area contributed by atoms with Gasteiger partial charge in [0.15, 0.2) is 11.5 Å². The number of amides is 2. The fourth-order valence-electron chi connectivity index (χ4n) is 3.70. The van der Waals surface area contributed by atoms with Crippen molar-refractivity contribution in [2.24, 2.45) is 0 Å². The third-order valence-electron chi connectivity index (χ3n) is 5.35. The highest BCUT2D eigenvalue weighted by molar-refractivity contribution is 5.87. The first-order chi connectivity index (χ1) is 16.0. The molecule has 0 heterocycles. The fraction of sp³-hybridized carbons (Fsp3) is 0.462. The van der Waals surface area contributed by atoms with E-state index in [1.165, 1.54) is 0 Å². The minimum atomic E-state index is -0.548. The van der Waals surface area contributed by atoms with Crippen molar-refractivity contribution in [3.63, 3.8) is 0 Å². The SMILES string of the molecule is CCOc1ccc(CCC(=O)N(Cc2cccc(OC)c2)[C@H](CC)C(=O)NC)cc1OCC. The normalized spacial score (nSPS) is 11.4. The summed E-state index contributed by atoms with van der Waals surface area (Å²) in [6.45, 7) is 7.17. The molecule has 7 heteroatoms. The van der Waals surface area contributed by atoms with Gasteiger partial charge in [-0.25, -0.2) is 0 Å². The van der Waals surface area contributed by atoms with Crippen LogP contribution in [0.15, 0.2) is 42.5 Å². The lowest BCUT2D eigenvalue weighted by atomic mass is 10.1. The molecule has 0 aliphatic rings. The number of carbonyl (C=O) groups excluding carboxylic acids is 2. The van der Waals surface area contributed by atoms with Gasteiger partial charge in [0.25, 0.3) is 0 Å². The van der Waals surface area contributed by atoms with Gasteiger partial charge in [-0.1, -0.05) is 25.1 Å². The summed E-state index contributed by atoms with van der Waals surface area (Å²) in [5.74, 6) is 1.83. The standard InChI is InChI=1S/C26H36N2O5/c1-6-22(26(30)27-4)28(18-20-10-9-11-21(16-20)31-5)25(29)15-13-19-12-14-23(32-7-2)24(17-19)33-8-3/h9-12,14,16-17,22H,6-8,13,15,18H2,1-5H3,(H,27,30)/t22-/m1/s1. The Hall–Kier alpha value is -3.22. The molecule has 0 saturated carbocycles. The molecule has 0 fully saturated rings. The average molecular weight is 457 g/mol. The highest BCUT2D eigenvalue weighted by atomic mass is 16.5. The number of hydrogen-bond acceptors (Lipinski definition) is 5. The molecule has 180 valence electrons. The zero-order valence-electron chi connectivity index (χ0n) is 20.3. The first kappa shape index (κ1) is 26.0. The Morgan fingerprint density at radius 2 is 1.70 bits per heavy atom. The van der Waals surface area contributed by atoms with Gasteiger partial charge in [-0.05, 0) is 62.1 Å². The van der Waals surface area contributed by atoms with Gasteiger partial charge in [-0.15, -0.1) is 0 Å². The molecule has 1 atom stereocenters. The van der Waals surface area contributed by atoms with Crippen molar-refractivity contribution < 1.29 is 23.8 Å². The molecular weight excluding hydrogens is 420 g/mol. The summed E-state index contributed by atoms with van der Waals surface area (Å²) >= 11 is 0. The fourth-order valence-corrected chi connectivity index (χ4v) is 3.70. The number of aryl methyl sites for hydroxylation is 1. The van der Waals surface area contributed by atoms with Crippen LogP contribution in [0.2, 0.25) is 0 Å². The van der Waals surface area contributed by atoms with Gasteiger partial charge in [0.05, 0.1) is 20.3 Å². The molecule has 0 spiro atoms. The lowest BCUT2D eigenvalue weighted by Crippen LogP contribution is -2.48. The van der Waals surface area contributed by atoms with Gasteiger partial charge < -0.3 is 24.4 Å². The number of nitrogens with one attached hydrogen (secondary N) is 1. The van der Waals surface area contributed by atoms with Crippen LogP contribution in [0, 0.1) is 0 Å². The summed E-state index contributed by atoms with van der Waals surface area (Å²) in [5, 5.41) is 2.69. The van der Waals surface area contributed by atoms with E-state index in [9.17, 15) is 9.59 Å². The third-order valence-corrected chi connectivity index (χ3v) is 5.35. The van der Waals surface area contributed by atoms with E-state index < -0.39 is 6.04 Å². The highest BCUT2D eigenvalue weighted by Gasteiger charge is 2.27. The van der Waals surface area contributed by atoms with Crippen LogP contribution in [0.5, 0.6) is 17.2 Å². The highest BCUT2D eigenvalue weighted by Crippen LogP contribution is 2.29. The van der Waals surface area contributed by atoms with Gasteiger partial charge in [0, 0.05) is 20.0 Å². The van der Waals surface area contributed by atoms with Crippen molar-refractivity contribution in [2.75, 3.05) is 27.4 Å². The Bertz CT molecular complexity index is 915. The van der Waals surface area contributed by atoms with E-state index in [1.54, 1.807) is 19.1 Å². The second-order valence-corrected chi connectivity index (χ2v) is 7.56. The van der Waals surface area contributed by atoms with Crippen molar-refractivity contribution >= 4 is 11.8 Å². The van der Waals surface area contributed by atoms with Gasteiger partial charge in [0.1, 0.15) is 11.8 Å². The van der Waals surface area contributed by atoms with Crippen molar-refractivity contribution in [3.8, 4) is 17.2 Å². The monoisotopic (exact) mass is 456 g/mol. The van der Waals surface area contributed by atoms with E-state index in [2.05, 4.69) is 5.32 Å². The molecule has 0 saturated heterocycles. The molecule has 0 aliphatic heterocycles. The Labute approximate surface area is 197 Å². The first-order valence-corrected chi connectivity index (χ1v) is 11.5. The van der Waals surface area contributed by atoms with Crippen LogP contribution in [0.25, 0.3) is 0 Å². The van der Waals surface area contributed by atoms with Crippen LogP contribution >= 0.6 is 0 Å². The molecule has 0 unspecified atom stereocenters. The van der Waals surface area contributed by atoms with Crippen molar-refractivity contribution in [3.05, 3.63) is 53.6 Å². The second kappa shape index (κ2) is 13.4. The number of methoxy groups -OCH3 is 1. The van der Waals surface area contributed by atoms with Crippen LogP contribution in [0.4, 0.5) is 0 Å². The zero-order chi connectivity index (χ0) is 24.2. The number of rotatable bonds is 13. The Morgan fingerprint density at radius 1 is 0.970 bits per heavy atom. The summed E-state index contributed by atoms with van der Waals surface area (Å²) in [4.78, 5) is 27.5. The molecular formula is C26H36N2O5. The van der Waals surface area contributed by atoms with E-state index in [1.807, 2.05) is 63.2 Å². The molecule has 0 radical (unpaired) electrons. The third kappa shape index (κ3) is 7.41. The largest absolute Gasteiger partial charge is 0.497 e. The maximum absolute atomic E-state index is 13.3. The van der Waals surface area contributed by atoms with E-state index in [0.29, 0.717) is 49.8 Å². The molecule has 2 rings (SSSR count). The lowest BCUT2D eigenvalue weighted by Gasteiger charge is -2.30. The quantitative estimate of drug-likeness (QED) is 0.493. The Morgan fingerprint density at radius 3 is 2.33 bits per heavy atom. The summed E-state index contributed by atoms with van der Waals surface area (Å²) in [6, 6.07) is 12.8. The number of nitrogens with zero attached hydrogens (tertiary/aromatic N) is 1. The van der Waals surface area contributed by atoms with Gasteiger partial charge >= 0.3 is 0 Å². The van der Waals surface area contributed by atoms with Gasteiger partial charge in [0.2, 0.25) is 11.8 Å². The van der Waals surface area contributed by atoms with Crippen molar-refractivity contribution in [1.82, 2.24) is 10.2 Å². The van der Waals surface area contributed by atoms with Crippen LogP contribution in [-0.4, -0.2) is 50.1 Å². The average Bonchev–Trinajstić information content (AvgIpc) is 2.83. The summed E-state index contributed by atoms with van der Waals surface area (Å²) < 4.78 is 16.6. The van der Waals surface area contributed by atoms with Crippen LogP contribution in [0.3, 0.4) is 0 Å². The van der Waals surface area contributed by atoms with E-state index >= 15 is 0 Å². The number of likely N-dealkylation sites (N-methyl/N-ethyl adjacent to an activating group) is 1. The topological polar surface area (TPSA) is 77.1 Å². The molecule has 7 nitrogen and oxygen atoms in total.